The molecular formula is C55H34N2O. The van der Waals surface area contributed by atoms with E-state index >= 15 is 0 Å². The van der Waals surface area contributed by atoms with Crippen LogP contribution in [0.4, 0.5) is 17.1 Å². The van der Waals surface area contributed by atoms with Crippen LogP contribution in [0.5, 0.6) is 0 Å². The Morgan fingerprint density at radius 3 is 1.71 bits per heavy atom. The van der Waals surface area contributed by atoms with E-state index in [1.807, 2.05) is 6.07 Å². The summed E-state index contributed by atoms with van der Waals surface area (Å²) in [7, 11) is 0. The molecule has 0 atom stereocenters. The predicted molar refractivity (Wildman–Crippen MR) is 239 cm³/mol. The van der Waals surface area contributed by atoms with Gasteiger partial charge in [0.15, 0.2) is 0 Å². The van der Waals surface area contributed by atoms with Crippen LogP contribution < -0.4 is 4.90 Å². The molecule has 0 unspecified atom stereocenters. The normalized spacial score (nSPS) is 13.3. The molecule has 0 saturated carbocycles. The Bertz CT molecular complexity index is 3430. The highest BCUT2D eigenvalue weighted by Crippen LogP contribution is 2.64. The van der Waals surface area contributed by atoms with Crippen LogP contribution in [0.25, 0.3) is 71.7 Å². The molecule has 11 aromatic rings. The van der Waals surface area contributed by atoms with E-state index in [1.54, 1.807) is 0 Å². The zero-order valence-electron chi connectivity index (χ0n) is 31.4. The molecule has 9 aromatic carbocycles. The highest BCUT2D eigenvalue weighted by molar-refractivity contribution is 6.11. The van der Waals surface area contributed by atoms with E-state index in [0.717, 1.165) is 50.2 Å². The van der Waals surface area contributed by atoms with Crippen LogP contribution in [0.3, 0.4) is 0 Å². The second kappa shape index (κ2) is 11.7. The van der Waals surface area contributed by atoms with Gasteiger partial charge in [-0.2, -0.15) is 0 Å². The Balaban J connectivity index is 1.13. The van der Waals surface area contributed by atoms with Gasteiger partial charge in [-0.15, -0.1) is 0 Å². The molecule has 2 aliphatic rings. The highest BCUT2D eigenvalue weighted by atomic mass is 16.3. The van der Waals surface area contributed by atoms with Crippen molar-refractivity contribution in [3.63, 3.8) is 0 Å². The van der Waals surface area contributed by atoms with Crippen LogP contribution in [0, 0.1) is 0 Å². The van der Waals surface area contributed by atoms with Crippen LogP contribution in [0.15, 0.2) is 211 Å². The maximum Gasteiger partial charge on any atom is 0.137 e. The number of rotatable bonds is 4. The fraction of sp³-hybridized carbons (Fsp3) is 0.0182. The third-order valence-corrected chi connectivity index (χ3v) is 12.8. The molecule has 58 heavy (non-hydrogen) atoms. The molecule has 0 N–H and O–H groups in total. The van der Waals surface area contributed by atoms with Gasteiger partial charge in [0.05, 0.1) is 22.1 Å². The average Bonchev–Trinajstić information content (AvgIpc) is 4.00. The van der Waals surface area contributed by atoms with E-state index in [4.69, 9.17) is 4.42 Å². The quantitative estimate of drug-likeness (QED) is 0.179. The molecule has 270 valence electrons. The zero-order chi connectivity index (χ0) is 38.0. The molecule has 0 fully saturated rings. The van der Waals surface area contributed by atoms with Crippen LogP contribution in [0.2, 0.25) is 0 Å². The van der Waals surface area contributed by atoms with Crippen molar-refractivity contribution in [1.82, 2.24) is 4.57 Å². The fourth-order valence-corrected chi connectivity index (χ4v) is 10.5. The number of anilines is 3. The Kier molecular flexibility index (Phi) is 6.37. The van der Waals surface area contributed by atoms with Crippen LogP contribution >= 0.6 is 0 Å². The molecule has 0 aliphatic heterocycles. The number of hydrogen-bond acceptors (Lipinski definition) is 2. The summed E-state index contributed by atoms with van der Waals surface area (Å²) in [6.45, 7) is 0. The van der Waals surface area contributed by atoms with Crippen molar-refractivity contribution in [2.45, 2.75) is 5.41 Å². The lowest BCUT2D eigenvalue weighted by atomic mass is 9.70. The van der Waals surface area contributed by atoms with E-state index in [1.165, 1.54) is 60.8 Å². The van der Waals surface area contributed by atoms with Gasteiger partial charge < -0.3 is 13.9 Å². The van der Waals surface area contributed by atoms with Gasteiger partial charge in [-0.05, 0) is 93.5 Å². The fourth-order valence-electron chi connectivity index (χ4n) is 10.5. The molecule has 3 nitrogen and oxygen atoms in total. The number of hydrogen-bond donors (Lipinski definition) is 0. The van der Waals surface area contributed by atoms with Gasteiger partial charge in [0.2, 0.25) is 0 Å². The lowest BCUT2D eigenvalue weighted by Gasteiger charge is -2.31. The molecule has 0 bridgehead atoms. The number of fused-ring (bicyclic) bond motifs is 16. The third kappa shape index (κ3) is 4.07. The van der Waals surface area contributed by atoms with Gasteiger partial charge in [0.1, 0.15) is 11.2 Å². The molecule has 2 aliphatic carbocycles. The van der Waals surface area contributed by atoms with Gasteiger partial charge in [-0.3, -0.25) is 0 Å². The number of aromatic nitrogens is 1. The summed E-state index contributed by atoms with van der Waals surface area (Å²) >= 11 is 0. The summed E-state index contributed by atoms with van der Waals surface area (Å²) in [6, 6.07) is 75.5. The van der Waals surface area contributed by atoms with Crippen molar-refractivity contribution < 1.29 is 4.42 Å². The molecule has 2 aromatic heterocycles. The number of para-hydroxylation sites is 3. The summed E-state index contributed by atoms with van der Waals surface area (Å²) < 4.78 is 8.98. The Hall–Kier alpha value is -7.62. The van der Waals surface area contributed by atoms with E-state index < -0.39 is 5.41 Å². The minimum absolute atomic E-state index is 0.451. The standard InChI is InChI=1S/C55H34N2O/c1-2-15-35(16-3-1)57-49-26-12-7-19-40(49)41-31-29-36(33-51(41)57)56(37-30-32-43-42-20-8-13-28-52(42)58-53(43)34-37)50-27-14-25-48-54(50)44-21-6-11-24-47(44)55(48)45-22-9-4-17-38(45)39-18-5-10-23-46(39)55/h1-34H. The maximum absolute atomic E-state index is 6.57. The smallest absolute Gasteiger partial charge is 0.137 e. The molecule has 0 radical (unpaired) electrons. The van der Waals surface area contributed by atoms with Crippen molar-refractivity contribution in [1.29, 1.82) is 0 Å². The molecule has 13 rings (SSSR count). The molecule has 1 spiro atoms. The molecule has 0 saturated heterocycles. The van der Waals surface area contributed by atoms with Gasteiger partial charge in [0.25, 0.3) is 0 Å². The van der Waals surface area contributed by atoms with Gasteiger partial charge >= 0.3 is 0 Å². The predicted octanol–water partition coefficient (Wildman–Crippen LogP) is 14.5. The molecule has 3 heteroatoms. The minimum atomic E-state index is -0.451. The summed E-state index contributed by atoms with van der Waals surface area (Å²) in [6.07, 6.45) is 0. The van der Waals surface area contributed by atoms with Crippen LogP contribution in [0.1, 0.15) is 22.3 Å². The van der Waals surface area contributed by atoms with E-state index in [2.05, 4.69) is 210 Å². The highest BCUT2D eigenvalue weighted by Gasteiger charge is 2.52. The SMILES string of the molecule is c1ccc(-n2c3ccccc3c3ccc(N(c4ccc5c(c4)oc4ccccc45)c4cccc5c4-c4ccccc4C54c5ccccc5-c5ccccc54)cc32)cc1. The van der Waals surface area contributed by atoms with Gasteiger partial charge in [-0.1, -0.05) is 146 Å². The zero-order valence-corrected chi connectivity index (χ0v) is 31.4. The first-order valence-electron chi connectivity index (χ1n) is 20.0. The average molecular weight is 739 g/mol. The maximum atomic E-state index is 6.57. The monoisotopic (exact) mass is 738 g/mol. The summed E-state index contributed by atoms with van der Waals surface area (Å²) in [5.41, 5.74) is 18.4. The first kappa shape index (κ1) is 31.6. The largest absolute Gasteiger partial charge is 0.456 e. The lowest BCUT2D eigenvalue weighted by Crippen LogP contribution is -2.26. The van der Waals surface area contributed by atoms with Crippen molar-refractivity contribution in [3.05, 3.63) is 229 Å². The number of nitrogens with zero attached hydrogens (tertiary/aromatic N) is 2. The van der Waals surface area contributed by atoms with Crippen molar-refractivity contribution in [2.24, 2.45) is 0 Å². The first-order valence-corrected chi connectivity index (χ1v) is 20.0. The van der Waals surface area contributed by atoms with Crippen LogP contribution in [-0.4, -0.2) is 4.57 Å². The first-order chi connectivity index (χ1) is 28.8. The van der Waals surface area contributed by atoms with Crippen LogP contribution in [-0.2, 0) is 5.41 Å². The number of furan rings is 1. The molecule has 2 heterocycles. The summed E-state index contributed by atoms with van der Waals surface area (Å²) in [5, 5.41) is 4.69. The Morgan fingerprint density at radius 2 is 0.931 bits per heavy atom. The third-order valence-electron chi connectivity index (χ3n) is 12.8. The second-order valence-electron chi connectivity index (χ2n) is 15.6. The topological polar surface area (TPSA) is 21.3 Å². The van der Waals surface area contributed by atoms with E-state index in [-0.39, 0.29) is 0 Å². The summed E-state index contributed by atoms with van der Waals surface area (Å²) in [5.74, 6) is 0. The minimum Gasteiger partial charge on any atom is -0.456 e. The van der Waals surface area contributed by atoms with Crippen molar-refractivity contribution in [3.8, 4) is 27.9 Å². The van der Waals surface area contributed by atoms with E-state index in [9.17, 15) is 0 Å². The summed E-state index contributed by atoms with van der Waals surface area (Å²) in [4.78, 5) is 2.46. The van der Waals surface area contributed by atoms with E-state index in [0.29, 0.717) is 0 Å². The van der Waals surface area contributed by atoms with Gasteiger partial charge in [-0.25, -0.2) is 0 Å². The van der Waals surface area contributed by atoms with Gasteiger partial charge in [0, 0.05) is 50.2 Å². The lowest BCUT2D eigenvalue weighted by molar-refractivity contribution is 0.669. The molecule has 0 amide bonds. The Labute approximate surface area is 335 Å². The number of benzene rings is 9. The Morgan fingerprint density at radius 1 is 0.379 bits per heavy atom. The second-order valence-corrected chi connectivity index (χ2v) is 15.6. The van der Waals surface area contributed by atoms with Crippen molar-refractivity contribution >= 4 is 60.8 Å². The molecular weight excluding hydrogens is 705 g/mol. The van der Waals surface area contributed by atoms with Crippen molar-refractivity contribution in [2.75, 3.05) is 4.90 Å².